The lowest BCUT2D eigenvalue weighted by molar-refractivity contribution is -0.284. The number of esters is 3. The van der Waals surface area contributed by atoms with Crippen molar-refractivity contribution in [3.8, 4) is 62.9 Å². The van der Waals surface area contributed by atoms with Crippen molar-refractivity contribution in [3.63, 3.8) is 0 Å². The Bertz CT molecular complexity index is 1730. The number of phenols is 9. The van der Waals surface area contributed by atoms with Crippen molar-refractivity contribution >= 4 is 17.9 Å². The zero-order chi connectivity index (χ0) is 33.1. The van der Waals surface area contributed by atoms with Crippen LogP contribution in [0.5, 0.6) is 51.7 Å². The van der Waals surface area contributed by atoms with Gasteiger partial charge in [0.25, 0.3) is 0 Å². The van der Waals surface area contributed by atoms with Crippen molar-refractivity contribution in [3.05, 3.63) is 41.0 Å². The minimum absolute atomic E-state index is 0.539. The molecule has 18 heteroatoms. The lowest BCUT2D eigenvalue weighted by Gasteiger charge is -2.41. The van der Waals surface area contributed by atoms with E-state index in [4.69, 9.17) is 18.9 Å². The number of carbonyl (C=O) groups is 3. The molecule has 2 aliphatic rings. The standard InChI is InChI=1S/C27H22O18/c28-9-1-6(2-10(29)16(9)32)24(39)45-27-22(38)21(37)23-13(43-27)5-42-25(40)7-3-11(30)17(33)19(35)14(7)15-8(26(41)44-23)4-12(31)18(34)20(15)36/h1-4,13,21-23,27-38H,5H2/t13?,21-,22?,23+,27+/m1/s1. The first-order valence-electron chi connectivity index (χ1n) is 12.5. The summed E-state index contributed by atoms with van der Waals surface area (Å²) in [4.78, 5) is 39.3. The molecule has 3 aromatic rings. The summed E-state index contributed by atoms with van der Waals surface area (Å²) in [5.41, 5.74) is -3.99. The van der Waals surface area contributed by atoms with E-state index in [2.05, 4.69) is 0 Å². The molecular weight excluding hydrogens is 612 g/mol. The van der Waals surface area contributed by atoms with Crippen molar-refractivity contribution < 1.29 is 89.5 Å². The molecule has 2 aliphatic heterocycles. The molecule has 1 saturated heterocycles. The van der Waals surface area contributed by atoms with E-state index in [0.717, 1.165) is 0 Å². The van der Waals surface area contributed by atoms with Crippen molar-refractivity contribution in [1.29, 1.82) is 0 Å². The molecule has 18 nitrogen and oxygen atoms in total. The fourth-order valence-corrected chi connectivity index (χ4v) is 4.72. The van der Waals surface area contributed by atoms with Gasteiger partial charge in [0, 0.05) is 11.1 Å². The van der Waals surface area contributed by atoms with Gasteiger partial charge in [-0.2, -0.15) is 0 Å². The monoisotopic (exact) mass is 634 g/mol. The van der Waals surface area contributed by atoms with Gasteiger partial charge in [-0.25, -0.2) is 14.4 Å². The van der Waals surface area contributed by atoms with Gasteiger partial charge in [-0.15, -0.1) is 0 Å². The first kappa shape index (κ1) is 30.6. The van der Waals surface area contributed by atoms with E-state index in [0.29, 0.717) is 24.3 Å². The van der Waals surface area contributed by atoms with E-state index in [1.807, 2.05) is 0 Å². The van der Waals surface area contributed by atoms with Crippen LogP contribution in [0.1, 0.15) is 31.1 Å². The highest BCUT2D eigenvalue weighted by molar-refractivity contribution is 6.08. The smallest absolute Gasteiger partial charge is 0.340 e. The van der Waals surface area contributed by atoms with Crippen molar-refractivity contribution in [2.75, 3.05) is 6.61 Å². The van der Waals surface area contributed by atoms with Gasteiger partial charge >= 0.3 is 17.9 Å². The highest BCUT2D eigenvalue weighted by Crippen LogP contribution is 2.53. The van der Waals surface area contributed by atoms with Crippen LogP contribution in [-0.2, 0) is 18.9 Å². The average molecular weight is 634 g/mol. The molecule has 0 aromatic heterocycles. The zero-order valence-corrected chi connectivity index (χ0v) is 22.2. The Labute approximate surface area is 248 Å². The van der Waals surface area contributed by atoms with Crippen LogP contribution in [0.2, 0.25) is 0 Å². The number of benzene rings is 3. The Morgan fingerprint density at radius 1 is 0.667 bits per heavy atom. The van der Waals surface area contributed by atoms with Crippen LogP contribution in [0.15, 0.2) is 24.3 Å². The second kappa shape index (κ2) is 11.0. The topological polar surface area (TPSA) is 311 Å². The minimum Gasteiger partial charge on any atom is -0.504 e. The SMILES string of the molecule is O=C(O[C@@H]1OC2COC(=O)c3cc(O)c(O)c(O)c3-c3c(cc(O)c(O)c3O)C(=O)O[C@@H]2[C@H](O)C1O)c1cc(O)c(O)c(O)c1. The number of aliphatic hydroxyl groups excluding tert-OH is 2. The van der Waals surface area contributed by atoms with Gasteiger partial charge in [0.2, 0.25) is 17.8 Å². The summed E-state index contributed by atoms with van der Waals surface area (Å²) < 4.78 is 20.9. The van der Waals surface area contributed by atoms with Gasteiger partial charge in [-0.3, -0.25) is 0 Å². The maximum absolute atomic E-state index is 13.4. The molecule has 2 heterocycles. The maximum atomic E-state index is 13.4. The molecule has 0 amide bonds. The molecule has 11 N–H and O–H groups in total. The predicted octanol–water partition coefficient (Wildman–Crippen LogP) is -0.297. The van der Waals surface area contributed by atoms with E-state index in [1.54, 1.807) is 0 Å². The largest absolute Gasteiger partial charge is 0.504 e. The first-order valence-corrected chi connectivity index (χ1v) is 12.5. The second-order valence-corrected chi connectivity index (χ2v) is 9.79. The van der Waals surface area contributed by atoms with Gasteiger partial charge in [0.15, 0.2) is 46.4 Å². The Morgan fingerprint density at radius 3 is 1.69 bits per heavy atom. The summed E-state index contributed by atoms with van der Waals surface area (Å²) in [5, 5.41) is 112. The molecule has 1 fully saturated rings. The predicted molar refractivity (Wildman–Crippen MR) is 139 cm³/mol. The fourth-order valence-electron chi connectivity index (χ4n) is 4.72. The van der Waals surface area contributed by atoms with Crippen LogP contribution in [0.3, 0.4) is 0 Å². The summed E-state index contributed by atoms with van der Waals surface area (Å²) in [6, 6.07) is 2.51. The molecule has 0 spiro atoms. The summed E-state index contributed by atoms with van der Waals surface area (Å²) in [5.74, 6) is -14.3. The quantitative estimate of drug-likeness (QED) is 0.0979. The van der Waals surface area contributed by atoms with Gasteiger partial charge in [0.05, 0.1) is 16.7 Å². The highest BCUT2D eigenvalue weighted by Gasteiger charge is 2.50. The number of cyclic esters (lactones) is 1. The maximum Gasteiger partial charge on any atom is 0.340 e. The van der Waals surface area contributed by atoms with Crippen LogP contribution >= 0.6 is 0 Å². The molecule has 45 heavy (non-hydrogen) atoms. The summed E-state index contributed by atoms with van der Waals surface area (Å²) in [6.07, 6.45) is -10.1. The minimum atomic E-state index is -2.18. The summed E-state index contributed by atoms with van der Waals surface area (Å²) in [6.45, 7) is -0.948. The van der Waals surface area contributed by atoms with E-state index < -0.39 is 135 Å². The lowest BCUT2D eigenvalue weighted by Crippen LogP contribution is -2.61. The number of hydrogen-bond donors (Lipinski definition) is 11. The molecule has 0 saturated carbocycles. The molecule has 2 unspecified atom stereocenters. The second-order valence-electron chi connectivity index (χ2n) is 9.79. The number of hydrogen-bond acceptors (Lipinski definition) is 18. The number of aliphatic hydroxyl groups is 2. The third kappa shape index (κ3) is 5.07. The van der Waals surface area contributed by atoms with Crippen molar-refractivity contribution in [1.82, 2.24) is 0 Å². The zero-order valence-electron chi connectivity index (χ0n) is 22.2. The summed E-state index contributed by atoms with van der Waals surface area (Å²) in [7, 11) is 0. The molecule has 5 atom stereocenters. The van der Waals surface area contributed by atoms with Gasteiger partial charge in [0.1, 0.15) is 24.9 Å². The van der Waals surface area contributed by atoms with E-state index in [9.17, 15) is 70.6 Å². The third-order valence-corrected chi connectivity index (χ3v) is 6.99. The Hall–Kier alpha value is -5.85. The van der Waals surface area contributed by atoms with Crippen LogP contribution in [0.4, 0.5) is 0 Å². The molecular formula is C27H22O18. The molecule has 0 aliphatic carbocycles. The highest BCUT2D eigenvalue weighted by atomic mass is 16.7. The Balaban J connectivity index is 1.57. The van der Waals surface area contributed by atoms with Crippen LogP contribution in [0.25, 0.3) is 11.1 Å². The molecule has 5 rings (SSSR count). The van der Waals surface area contributed by atoms with Crippen molar-refractivity contribution in [2.45, 2.75) is 30.7 Å². The van der Waals surface area contributed by atoms with Gasteiger partial charge in [-0.1, -0.05) is 0 Å². The number of fused-ring (bicyclic) bond motifs is 4. The first-order chi connectivity index (χ1) is 21.1. The Morgan fingerprint density at radius 2 is 1.16 bits per heavy atom. The fraction of sp³-hybridized carbons (Fsp3) is 0.222. The molecule has 0 radical (unpaired) electrons. The summed E-state index contributed by atoms with van der Waals surface area (Å²) >= 11 is 0. The average Bonchev–Trinajstić information content (AvgIpc) is 3.01. The number of carbonyl (C=O) groups excluding carboxylic acids is 3. The number of aromatic hydroxyl groups is 9. The lowest BCUT2D eigenvalue weighted by atomic mass is 9.92. The van der Waals surface area contributed by atoms with Crippen LogP contribution < -0.4 is 0 Å². The molecule has 238 valence electrons. The number of ether oxygens (including phenoxy) is 4. The van der Waals surface area contributed by atoms with E-state index >= 15 is 0 Å². The molecule has 0 bridgehead atoms. The van der Waals surface area contributed by atoms with Gasteiger partial charge in [-0.05, 0) is 24.3 Å². The van der Waals surface area contributed by atoms with Gasteiger partial charge < -0.3 is 75.1 Å². The van der Waals surface area contributed by atoms with Crippen LogP contribution in [0, 0.1) is 0 Å². The third-order valence-electron chi connectivity index (χ3n) is 6.99. The number of rotatable bonds is 2. The van der Waals surface area contributed by atoms with E-state index in [1.165, 1.54) is 0 Å². The van der Waals surface area contributed by atoms with E-state index in [-0.39, 0.29) is 0 Å². The normalized spacial score (nSPS) is 22.9. The van der Waals surface area contributed by atoms with Crippen LogP contribution in [-0.4, -0.2) is 111 Å². The molecule has 3 aromatic carbocycles. The Kier molecular flexibility index (Phi) is 7.49. The van der Waals surface area contributed by atoms with Crippen molar-refractivity contribution in [2.24, 2.45) is 0 Å². The number of phenolic OH excluding ortho intramolecular Hbond substituents is 9.